The smallest absolute Gasteiger partial charge is 0.407 e. The highest BCUT2D eigenvalue weighted by atomic mass is 127. The molecule has 0 bridgehead atoms. The number of imidazole rings is 1. The number of carbonyl (C=O) groups is 1. The number of guanidine groups is 1. The largest absolute Gasteiger partial charge is 0.444 e. The lowest BCUT2D eigenvalue weighted by Crippen LogP contribution is -2.49. The molecule has 0 saturated carbocycles. The van der Waals surface area contributed by atoms with Gasteiger partial charge in [-0.2, -0.15) is 0 Å². The number of rotatable bonds is 5. The predicted molar refractivity (Wildman–Crippen MR) is 122 cm³/mol. The normalized spacial score (nSPS) is 20.3. The van der Waals surface area contributed by atoms with Gasteiger partial charge in [0.15, 0.2) is 5.96 Å². The Bertz CT molecular complexity index is 614. The summed E-state index contributed by atoms with van der Waals surface area (Å²) in [6.07, 6.45) is 7.29. The van der Waals surface area contributed by atoms with Crippen molar-refractivity contribution in [2.75, 3.05) is 33.2 Å². The van der Waals surface area contributed by atoms with E-state index in [4.69, 9.17) is 4.74 Å². The molecule has 2 atom stereocenters. The fraction of sp³-hybridized carbons (Fsp3) is 0.737. The number of carbonyl (C=O) groups excluding carboxylic acids is 1. The van der Waals surface area contributed by atoms with Crippen LogP contribution >= 0.6 is 24.0 Å². The SMILES string of the molecule is CN=C(NCCCNC(=O)OC(C)(C)C)N1CCC(C)C(n2ccnc2)C1.I. The molecule has 0 aromatic carbocycles. The summed E-state index contributed by atoms with van der Waals surface area (Å²) in [6, 6.07) is 0.397. The van der Waals surface area contributed by atoms with E-state index in [-0.39, 0.29) is 30.1 Å². The van der Waals surface area contributed by atoms with Crippen LogP contribution in [0.5, 0.6) is 0 Å². The first kappa shape index (κ1) is 24.5. The van der Waals surface area contributed by atoms with Crippen LogP contribution in [-0.4, -0.2) is 65.3 Å². The molecule has 1 saturated heterocycles. The third kappa shape index (κ3) is 7.84. The number of hydrogen-bond donors (Lipinski definition) is 2. The molecule has 2 N–H and O–H groups in total. The van der Waals surface area contributed by atoms with Crippen LogP contribution in [0.2, 0.25) is 0 Å². The second kappa shape index (κ2) is 11.5. The Balaban J connectivity index is 0.00000392. The molecule has 2 unspecified atom stereocenters. The third-order valence-electron chi connectivity index (χ3n) is 4.64. The van der Waals surface area contributed by atoms with Crippen molar-refractivity contribution < 1.29 is 9.53 Å². The minimum atomic E-state index is -0.471. The number of aromatic nitrogens is 2. The summed E-state index contributed by atoms with van der Waals surface area (Å²) >= 11 is 0. The van der Waals surface area contributed by atoms with Gasteiger partial charge >= 0.3 is 6.09 Å². The van der Waals surface area contributed by atoms with Crippen molar-refractivity contribution in [2.24, 2.45) is 10.9 Å². The molecule has 0 aliphatic carbocycles. The zero-order chi connectivity index (χ0) is 19.9. The average Bonchev–Trinajstić information content (AvgIpc) is 3.11. The van der Waals surface area contributed by atoms with Gasteiger partial charge in [0.1, 0.15) is 5.60 Å². The summed E-state index contributed by atoms with van der Waals surface area (Å²) in [6.45, 7) is 11.1. The monoisotopic (exact) mass is 506 g/mol. The van der Waals surface area contributed by atoms with Gasteiger partial charge in [-0.1, -0.05) is 6.92 Å². The van der Waals surface area contributed by atoms with Crippen LogP contribution < -0.4 is 10.6 Å². The first-order valence-electron chi connectivity index (χ1n) is 9.70. The molecule has 1 aromatic rings. The number of halogens is 1. The van der Waals surface area contributed by atoms with E-state index in [1.54, 1.807) is 0 Å². The lowest BCUT2D eigenvalue weighted by atomic mass is 9.93. The van der Waals surface area contributed by atoms with Crippen molar-refractivity contribution in [2.45, 2.75) is 52.2 Å². The number of piperidine rings is 1. The van der Waals surface area contributed by atoms with Crippen LogP contribution in [0.3, 0.4) is 0 Å². The zero-order valence-corrected chi connectivity index (χ0v) is 20.0. The van der Waals surface area contributed by atoms with Crippen molar-refractivity contribution in [1.29, 1.82) is 0 Å². The molecular weight excluding hydrogens is 471 g/mol. The topological polar surface area (TPSA) is 83.8 Å². The zero-order valence-electron chi connectivity index (χ0n) is 17.6. The Morgan fingerprint density at radius 1 is 1.32 bits per heavy atom. The molecule has 2 rings (SSSR count). The van der Waals surface area contributed by atoms with E-state index in [1.807, 2.05) is 46.5 Å². The summed E-state index contributed by atoms with van der Waals surface area (Å²) in [5, 5.41) is 6.18. The standard InChI is InChI=1S/C19H34N6O2.HI/c1-15-7-11-24(13-16(15)25-12-10-21-14-25)17(20-5)22-8-6-9-23-18(26)27-19(2,3)4;/h10,12,14-16H,6-9,11,13H2,1-5H3,(H,20,22)(H,23,26);1H. The second-order valence-electron chi connectivity index (χ2n) is 8.05. The van der Waals surface area contributed by atoms with Crippen LogP contribution in [0.1, 0.15) is 46.6 Å². The summed E-state index contributed by atoms with van der Waals surface area (Å²) in [4.78, 5) is 22.6. The molecule has 1 amide bonds. The Morgan fingerprint density at radius 3 is 2.64 bits per heavy atom. The number of nitrogens with zero attached hydrogens (tertiary/aromatic N) is 4. The van der Waals surface area contributed by atoms with Gasteiger partial charge in [0.2, 0.25) is 0 Å². The molecule has 1 aromatic heterocycles. The van der Waals surface area contributed by atoms with Crippen molar-refractivity contribution in [1.82, 2.24) is 25.1 Å². The highest BCUT2D eigenvalue weighted by Crippen LogP contribution is 2.27. The lowest BCUT2D eigenvalue weighted by molar-refractivity contribution is 0.0527. The molecule has 28 heavy (non-hydrogen) atoms. The highest BCUT2D eigenvalue weighted by Gasteiger charge is 2.28. The Kier molecular flexibility index (Phi) is 10.0. The number of hydrogen-bond acceptors (Lipinski definition) is 4. The van der Waals surface area contributed by atoms with Gasteiger partial charge in [-0.15, -0.1) is 24.0 Å². The molecule has 8 nitrogen and oxygen atoms in total. The van der Waals surface area contributed by atoms with Gasteiger partial charge in [0.25, 0.3) is 0 Å². The number of nitrogens with one attached hydrogen (secondary N) is 2. The Morgan fingerprint density at radius 2 is 2.04 bits per heavy atom. The van der Waals surface area contributed by atoms with Crippen molar-refractivity contribution in [3.63, 3.8) is 0 Å². The van der Waals surface area contributed by atoms with E-state index < -0.39 is 5.60 Å². The fourth-order valence-electron chi connectivity index (χ4n) is 3.22. The summed E-state index contributed by atoms with van der Waals surface area (Å²) in [5.74, 6) is 1.51. The maximum absolute atomic E-state index is 11.6. The molecule has 1 aliphatic heterocycles. The van der Waals surface area contributed by atoms with E-state index >= 15 is 0 Å². The van der Waals surface area contributed by atoms with Gasteiger partial charge < -0.3 is 24.8 Å². The van der Waals surface area contributed by atoms with Crippen LogP contribution in [0.15, 0.2) is 23.7 Å². The molecule has 0 radical (unpaired) electrons. The number of ether oxygens (including phenoxy) is 1. The van der Waals surface area contributed by atoms with Crippen molar-refractivity contribution >= 4 is 36.0 Å². The third-order valence-corrected chi connectivity index (χ3v) is 4.64. The van der Waals surface area contributed by atoms with Crippen LogP contribution in [-0.2, 0) is 4.74 Å². The number of aliphatic imine (C=N–C) groups is 1. The molecular formula is C19H35IN6O2. The van der Waals surface area contributed by atoms with Gasteiger partial charge in [0, 0.05) is 45.6 Å². The van der Waals surface area contributed by atoms with Gasteiger partial charge in [0.05, 0.1) is 12.4 Å². The summed E-state index contributed by atoms with van der Waals surface area (Å²) < 4.78 is 7.42. The van der Waals surface area contributed by atoms with Crippen molar-refractivity contribution in [3.05, 3.63) is 18.7 Å². The minimum absolute atomic E-state index is 0. The number of alkyl carbamates (subject to hydrolysis) is 1. The molecule has 160 valence electrons. The Labute approximate surface area is 185 Å². The van der Waals surface area contributed by atoms with Gasteiger partial charge in [-0.25, -0.2) is 9.78 Å². The molecule has 9 heteroatoms. The van der Waals surface area contributed by atoms with E-state index in [1.165, 1.54) is 0 Å². The highest BCUT2D eigenvalue weighted by molar-refractivity contribution is 14.0. The summed E-state index contributed by atoms with van der Waals surface area (Å²) in [7, 11) is 1.81. The first-order valence-corrected chi connectivity index (χ1v) is 9.70. The molecule has 1 aliphatic rings. The van der Waals surface area contributed by atoms with Gasteiger partial charge in [-0.3, -0.25) is 4.99 Å². The number of likely N-dealkylation sites (tertiary alicyclic amines) is 1. The molecule has 2 heterocycles. The van der Waals surface area contributed by atoms with Crippen molar-refractivity contribution in [3.8, 4) is 0 Å². The maximum Gasteiger partial charge on any atom is 0.407 e. The molecule has 1 fully saturated rings. The van der Waals surface area contributed by atoms with E-state index in [9.17, 15) is 4.79 Å². The average molecular weight is 506 g/mol. The van der Waals surface area contributed by atoms with E-state index in [2.05, 4.69) is 37.0 Å². The van der Waals surface area contributed by atoms with E-state index in [0.717, 1.165) is 38.4 Å². The van der Waals surface area contributed by atoms with Crippen LogP contribution in [0.4, 0.5) is 4.79 Å². The second-order valence-corrected chi connectivity index (χ2v) is 8.05. The fourth-order valence-corrected chi connectivity index (χ4v) is 3.22. The Hall–Kier alpha value is -1.52. The molecule has 0 spiro atoms. The van der Waals surface area contributed by atoms with E-state index in [0.29, 0.717) is 18.5 Å². The van der Waals surface area contributed by atoms with Crippen LogP contribution in [0.25, 0.3) is 0 Å². The van der Waals surface area contributed by atoms with Gasteiger partial charge in [-0.05, 0) is 39.5 Å². The first-order chi connectivity index (χ1) is 12.8. The summed E-state index contributed by atoms with van der Waals surface area (Å²) in [5.41, 5.74) is -0.471. The maximum atomic E-state index is 11.6. The minimum Gasteiger partial charge on any atom is -0.444 e. The number of amides is 1. The lowest BCUT2D eigenvalue weighted by Gasteiger charge is -2.39. The predicted octanol–water partition coefficient (Wildman–Crippen LogP) is 2.87. The quantitative estimate of drug-likeness (QED) is 0.278. The van der Waals surface area contributed by atoms with Crippen LogP contribution in [0, 0.1) is 5.92 Å².